The summed E-state index contributed by atoms with van der Waals surface area (Å²) in [5.41, 5.74) is 0.158. The number of carbonyl (C=O) groups is 3. The fraction of sp³-hybridized carbons (Fsp3) is 0.500. The molecule has 5 atom stereocenters. The summed E-state index contributed by atoms with van der Waals surface area (Å²) in [5.74, 6) is -3.54. The molecule has 24 heavy (non-hydrogen) atoms. The Labute approximate surface area is 139 Å². The van der Waals surface area contributed by atoms with Crippen molar-refractivity contribution in [2.45, 2.75) is 26.1 Å². The van der Waals surface area contributed by atoms with Crippen LogP contribution in [0.15, 0.2) is 18.2 Å². The normalized spacial score (nSPS) is 32.5. The summed E-state index contributed by atoms with van der Waals surface area (Å²) in [6, 6.07) is 4.41. The number of benzene rings is 1. The maximum Gasteiger partial charge on any atom is 0.174 e. The molecule has 1 aromatic carbocycles. The zero-order valence-electron chi connectivity index (χ0n) is 13.8. The lowest BCUT2D eigenvalue weighted by Crippen LogP contribution is -2.60. The SMILES string of the molecule is CCO[C@@H]1C(C)C(=O)[C@H](OC)[C@@H]2C(=O)c3c(O)cccc3C(=O)[C@@H]21. The number of Topliss-reactive ketones (excluding diaryl/α,β-unsaturated/α-hetero) is 3. The van der Waals surface area contributed by atoms with Gasteiger partial charge in [0.1, 0.15) is 11.9 Å². The summed E-state index contributed by atoms with van der Waals surface area (Å²) < 4.78 is 11.0. The average molecular weight is 332 g/mol. The van der Waals surface area contributed by atoms with E-state index < -0.39 is 35.7 Å². The molecule has 0 aromatic heterocycles. The van der Waals surface area contributed by atoms with Gasteiger partial charge >= 0.3 is 0 Å². The van der Waals surface area contributed by atoms with Gasteiger partial charge in [-0.2, -0.15) is 0 Å². The quantitative estimate of drug-likeness (QED) is 0.905. The van der Waals surface area contributed by atoms with Crippen LogP contribution in [0.1, 0.15) is 34.6 Å². The molecule has 1 aromatic rings. The van der Waals surface area contributed by atoms with E-state index in [1.54, 1.807) is 13.8 Å². The van der Waals surface area contributed by atoms with Crippen molar-refractivity contribution in [2.75, 3.05) is 13.7 Å². The molecule has 3 rings (SSSR count). The van der Waals surface area contributed by atoms with Crippen LogP contribution in [0, 0.1) is 17.8 Å². The van der Waals surface area contributed by atoms with Crippen LogP contribution < -0.4 is 0 Å². The van der Waals surface area contributed by atoms with Crippen LogP contribution in [0.25, 0.3) is 0 Å². The highest BCUT2D eigenvalue weighted by atomic mass is 16.5. The Kier molecular flexibility index (Phi) is 4.27. The minimum Gasteiger partial charge on any atom is -0.507 e. The minimum absolute atomic E-state index is 0.0246. The Balaban J connectivity index is 2.20. The third kappa shape index (κ3) is 2.21. The van der Waals surface area contributed by atoms with Gasteiger partial charge < -0.3 is 14.6 Å². The molecule has 0 aliphatic heterocycles. The number of fused-ring (bicyclic) bond motifs is 2. The van der Waals surface area contributed by atoms with Crippen LogP contribution in [-0.2, 0) is 14.3 Å². The molecular weight excluding hydrogens is 312 g/mol. The Bertz CT molecular complexity index is 709. The van der Waals surface area contributed by atoms with E-state index in [9.17, 15) is 19.5 Å². The van der Waals surface area contributed by atoms with Crippen LogP contribution in [-0.4, -0.2) is 48.4 Å². The molecule has 6 heteroatoms. The number of rotatable bonds is 3. The molecule has 0 heterocycles. The molecule has 0 saturated heterocycles. The van der Waals surface area contributed by atoms with Crippen molar-refractivity contribution in [2.24, 2.45) is 17.8 Å². The molecule has 1 N–H and O–H groups in total. The fourth-order valence-corrected chi connectivity index (χ4v) is 3.97. The van der Waals surface area contributed by atoms with E-state index in [1.807, 2.05) is 0 Å². The molecule has 0 bridgehead atoms. The summed E-state index contributed by atoms with van der Waals surface area (Å²) in [4.78, 5) is 38.6. The summed E-state index contributed by atoms with van der Waals surface area (Å²) in [7, 11) is 1.35. The molecule has 6 nitrogen and oxygen atoms in total. The van der Waals surface area contributed by atoms with Gasteiger partial charge in [0.25, 0.3) is 0 Å². The Morgan fingerprint density at radius 2 is 1.83 bits per heavy atom. The number of hydrogen-bond acceptors (Lipinski definition) is 6. The zero-order chi connectivity index (χ0) is 17.6. The largest absolute Gasteiger partial charge is 0.507 e. The molecular formula is C18H20O6. The average Bonchev–Trinajstić information content (AvgIpc) is 2.56. The third-order valence-electron chi connectivity index (χ3n) is 5.06. The monoisotopic (exact) mass is 332 g/mol. The van der Waals surface area contributed by atoms with Crippen LogP contribution in [0.5, 0.6) is 5.75 Å². The smallest absolute Gasteiger partial charge is 0.174 e. The molecule has 0 spiro atoms. The van der Waals surface area contributed by atoms with Crippen molar-refractivity contribution in [1.29, 1.82) is 0 Å². The lowest BCUT2D eigenvalue weighted by molar-refractivity contribution is -0.152. The lowest BCUT2D eigenvalue weighted by Gasteiger charge is -2.45. The second-order valence-corrected chi connectivity index (χ2v) is 6.25. The highest BCUT2D eigenvalue weighted by molar-refractivity contribution is 6.19. The molecule has 1 saturated carbocycles. The Morgan fingerprint density at radius 3 is 2.46 bits per heavy atom. The maximum atomic E-state index is 13.0. The molecule has 1 fully saturated rings. The molecule has 0 radical (unpaired) electrons. The number of ketones is 3. The van der Waals surface area contributed by atoms with Crippen LogP contribution in [0.3, 0.4) is 0 Å². The minimum atomic E-state index is -1.01. The topological polar surface area (TPSA) is 89.9 Å². The predicted molar refractivity (Wildman–Crippen MR) is 84.1 cm³/mol. The lowest BCUT2D eigenvalue weighted by atomic mass is 9.61. The van der Waals surface area contributed by atoms with Gasteiger partial charge in [-0.3, -0.25) is 14.4 Å². The van der Waals surface area contributed by atoms with Gasteiger partial charge in [-0.25, -0.2) is 0 Å². The van der Waals surface area contributed by atoms with Crippen LogP contribution in [0.2, 0.25) is 0 Å². The number of aromatic hydroxyl groups is 1. The summed E-state index contributed by atoms with van der Waals surface area (Å²) >= 11 is 0. The first kappa shape index (κ1) is 16.8. The number of hydrogen-bond donors (Lipinski definition) is 1. The van der Waals surface area contributed by atoms with Crippen LogP contribution in [0.4, 0.5) is 0 Å². The van der Waals surface area contributed by atoms with E-state index in [0.717, 1.165) is 0 Å². The van der Waals surface area contributed by atoms with Crippen molar-refractivity contribution in [3.05, 3.63) is 29.3 Å². The fourth-order valence-electron chi connectivity index (χ4n) is 3.97. The highest BCUT2D eigenvalue weighted by Gasteiger charge is 2.58. The number of phenolic OH excluding ortho intramolecular Hbond substituents is 1. The highest BCUT2D eigenvalue weighted by Crippen LogP contribution is 2.44. The van der Waals surface area contributed by atoms with E-state index in [2.05, 4.69) is 0 Å². The van der Waals surface area contributed by atoms with E-state index in [4.69, 9.17) is 9.47 Å². The van der Waals surface area contributed by atoms with Gasteiger partial charge in [0.15, 0.2) is 17.3 Å². The van der Waals surface area contributed by atoms with Crippen molar-refractivity contribution < 1.29 is 29.0 Å². The standard InChI is InChI=1S/C18H20O6/c1-4-24-17-8(2)14(20)18(23-3)13-12(17)15(21)9-6-5-7-10(19)11(9)16(13)22/h5-8,12-13,17-19H,4H2,1-3H3/t8?,12-,13+,17-,18-/m1/s1. The van der Waals surface area contributed by atoms with Crippen molar-refractivity contribution in [3.8, 4) is 5.75 Å². The van der Waals surface area contributed by atoms with E-state index in [1.165, 1.54) is 25.3 Å². The molecule has 2 aliphatic carbocycles. The Hall–Kier alpha value is -2.05. The molecule has 2 aliphatic rings. The number of methoxy groups -OCH3 is 1. The van der Waals surface area contributed by atoms with Gasteiger partial charge in [-0.05, 0) is 13.0 Å². The zero-order valence-corrected chi connectivity index (χ0v) is 13.8. The van der Waals surface area contributed by atoms with E-state index in [-0.39, 0.29) is 28.4 Å². The number of phenols is 1. The van der Waals surface area contributed by atoms with Crippen molar-refractivity contribution >= 4 is 17.3 Å². The third-order valence-corrected chi connectivity index (χ3v) is 5.06. The Morgan fingerprint density at radius 1 is 1.12 bits per heavy atom. The molecule has 1 unspecified atom stereocenters. The second-order valence-electron chi connectivity index (χ2n) is 6.25. The molecule has 0 amide bonds. The van der Waals surface area contributed by atoms with Gasteiger partial charge in [-0.1, -0.05) is 19.1 Å². The van der Waals surface area contributed by atoms with Crippen molar-refractivity contribution in [3.63, 3.8) is 0 Å². The van der Waals surface area contributed by atoms with E-state index in [0.29, 0.717) is 6.61 Å². The first-order chi connectivity index (χ1) is 11.4. The number of carbonyl (C=O) groups excluding carboxylic acids is 3. The summed E-state index contributed by atoms with van der Waals surface area (Å²) in [6.07, 6.45) is -1.68. The maximum absolute atomic E-state index is 13.0. The van der Waals surface area contributed by atoms with Gasteiger partial charge in [0, 0.05) is 25.2 Å². The first-order valence-corrected chi connectivity index (χ1v) is 8.02. The second kappa shape index (κ2) is 6.11. The molecule has 128 valence electrons. The van der Waals surface area contributed by atoms with E-state index >= 15 is 0 Å². The van der Waals surface area contributed by atoms with Crippen LogP contribution >= 0.6 is 0 Å². The number of ether oxygens (including phenoxy) is 2. The van der Waals surface area contributed by atoms with Crippen molar-refractivity contribution in [1.82, 2.24) is 0 Å². The summed E-state index contributed by atoms with van der Waals surface area (Å²) in [5, 5.41) is 10.1. The first-order valence-electron chi connectivity index (χ1n) is 8.02. The summed E-state index contributed by atoms with van der Waals surface area (Å²) in [6.45, 7) is 3.81. The van der Waals surface area contributed by atoms with Gasteiger partial charge in [0.05, 0.1) is 23.5 Å². The van der Waals surface area contributed by atoms with Gasteiger partial charge in [0.2, 0.25) is 0 Å². The van der Waals surface area contributed by atoms with Gasteiger partial charge in [-0.15, -0.1) is 0 Å². The predicted octanol–water partition coefficient (Wildman–Crippen LogP) is 1.64.